The highest BCUT2D eigenvalue weighted by Gasteiger charge is 2.27. The van der Waals surface area contributed by atoms with Crippen LogP contribution in [0, 0.1) is 0 Å². The van der Waals surface area contributed by atoms with E-state index in [9.17, 15) is 10.2 Å². The van der Waals surface area contributed by atoms with Gasteiger partial charge in [0.1, 0.15) is 13.2 Å². The maximum absolute atomic E-state index is 9.70. The topological polar surface area (TPSA) is 71.0 Å². The number of rotatable bonds is 3. The van der Waals surface area contributed by atoms with E-state index in [-0.39, 0.29) is 6.04 Å². The van der Waals surface area contributed by atoms with Gasteiger partial charge in [-0.15, -0.1) is 0 Å². The maximum atomic E-state index is 9.70. The van der Waals surface area contributed by atoms with E-state index < -0.39 is 12.2 Å². The van der Waals surface area contributed by atoms with Gasteiger partial charge in [0.15, 0.2) is 11.5 Å². The van der Waals surface area contributed by atoms with Gasteiger partial charge in [0, 0.05) is 12.6 Å². The molecule has 0 amide bonds. The number of aliphatic hydroxyl groups excluding tert-OH is 2. The van der Waals surface area contributed by atoms with Gasteiger partial charge in [-0.3, -0.25) is 0 Å². The van der Waals surface area contributed by atoms with Gasteiger partial charge in [0.05, 0.1) is 17.2 Å². The Labute approximate surface area is 128 Å². The van der Waals surface area contributed by atoms with Gasteiger partial charge in [-0.05, 0) is 37.0 Å². The predicted octanol–water partition coefficient (Wildman–Crippen LogP) is 1.48. The summed E-state index contributed by atoms with van der Waals surface area (Å²) in [6.07, 6.45) is 0.823. The zero-order chi connectivity index (χ0) is 14.8. The summed E-state index contributed by atoms with van der Waals surface area (Å²) in [5.41, 5.74) is 1.02. The van der Waals surface area contributed by atoms with Crippen LogP contribution in [0.4, 0.5) is 0 Å². The monoisotopic (exact) mass is 313 g/mol. The Morgan fingerprint density at radius 1 is 1.14 bits per heavy atom. The summed E-state index contributed by atoms with van der Waals surface area (Å²) in [7, 11) is 0. The van der Waals surface area contributed by atoms with Crippen molar-refractivity contribution in [2.45, 2.75) is 44.1 Å². The van der Waals surface area contributed by atoms with Crippen molar-refractivity contribution in [1.82, 2.24) is 5.32 Å². The lowest BCUT2D eigenvalue weighted by Crippen LogP contribution is -2.42. The number of nitrogens with one attached hydrogen (secondary N) is 1. The maximum Gasteiger partial charge on any atom is 0.179 e. The van der Waals surface area contributed by atoms with Crippen molar-refractivity contribution >= 4 is 11.6 Å². The standard InChI is InChI=1S/C15H20ClNO4/c16-11-5-9(6-14-15(11)21-4-3-20-14)8-17-10-1-2-12(18)13(19)7-10/h5-6,10,12-13,17-19H,1-4,7-8H2/t10?,12-,13+/m1/s1. The lowest BCUT2D eigenvalue weighted by atomic mass is 9.90. The van der Waals surface area contributed by atoms with Gasteiger partial charge in [-0.1, -0.05) is 11.6 Å². The number of fused-ring (bicyclic) bond motifs is 1. The summed E-state index contributed by atoms with van der Waals surface area (Å²) < 4.78 is 11.0. The van der Waals surface area contributed by atoms with Crippen LogP contribution in [0.5, 0.6) is 11.5 Å². The summed E-state index contributed by atoms with van der Waals surface area (Å²) >= 11 is 6.21. The average Bonchev–Trinajstić information content (AvgIpc) is 2.49. The van der Waals surface area contributed by atoms with Crippen molar-refractivity contribution in [1.29, 1.82) is 0 Å². The fraction of sp³-hybridized carbons (Fsp3) is 0.600. The fourth-order valence-electron chi connectivity index (χ4n) is 2.84. The second kappa shape index (κ2) is 6.40. The van der Waals surface area contributed by atoms with Crippen molar-refractivity contribution in [3.63, 3.8) is 0 Å². The van der Waals surface area contributed by atoms with Crippen molar-refractivity contribution in [2.75, 3.05) is 13.2 Å². The normalized spacial score (nSPS) is 28.4. The highest BCUT2D eigenvalue weighted by atomic mass is 35.5. The third-order valence-corrected chi connectivity index (χ3v) is 4.31. The fourth-order valence-corrected chi connectivity index (χ4v) is 3.13. The first-order chi connectivity index (χ1) is 10.1. The SMILES string of the molecule is O[C@@H]1CCC(NCc2cc(Cl)c3c(c2)OCCO3)C[C@@H]1O. The molecule has 1 saturated carbocycles. The molecule has 1 aromatic carbocycles. The Bertz CT molecular complexity index is 511. The number of halogens is 1. The van der Waals surface area contributed by atoms with E-state index in [0.717, 1.165) is 12.0 Å². The molecule has 3 rings (SSSR count). The molecule has 0 saturated heterocycles. The lowest BCUT2D eigenvalue weighted by molar-refractivity contribution is -0.0183. The van der Waals surface area contributed by atoms with Crippen LogP contribution in [0.1, 0.15) is 24.8 Å². The number of hydrogen-bond acceptors (Lipinski definition) is 5. The van der Waals surface area contributed by atoms with E-state index in [4.69, 9.17) is 21.1 Å². The molecule has 1 aliphatic heterocycles. The van der Waals surface area contributed by atoms with Gasteiger partial charge in [-0.2, -0.15) is 0 Å². The van der Waals surface area contributed by atoms with Gasteiger partial charge in [-0.25, -0.2) is 0 Å². The average molecular weight is 314 g/mol. The molecule has 21 heavy (non-hydrogen) atoms. The molecule has 3 N–H and O–H groups in total. The molecule has 2 aliphatic rings. The molecule has 0 aromatic heterocycles. The smallest absolute Gasteiger partial charge is 0.179 e. The van der Waals surface area contributed by atoms with Crippen LogP contribution in [0.3, 0.4) is 0 Å². The molecule has 0 bridgehead atoms. The molecular weight excluding hydrogens is 294 g/mol. The minimum atomic E-state index is -0.639. The molecule has 1 aliphatic carbocycles. The van der Waals surface area contributed by atoms with Crippen molar-refractivity contribution in [2.24, 2.45) is 0 Å². The van der Waals surface area contributed by atoms with Crippen LogP contribution in [-0.4, -0.2) is 41.7 Å². The molecule has 1 heterocycles. The van der Waals surface area contributed by atoms with Gasteiger partial charge < -0.3 is 25.0 Å². The lowest BCUT2D eigenvalue weighted by Gasteiger charge is -2.30. The second-order valence-corrected chi connectivity index (χ2v) is 6.03. The molecule has 5 nitrogen and oxygen atoms in total. The molecule has 0 spiro atoms. The summed E-state index contributed by atoms with van der Waals surface area (Å²) in [4.78, 5) is 0. The van der Waals surface area contributed by atoms with Crippen LogP contribution >= 0.6 is 11.6 Å². The third-order valence-electron chi connectivity index (χ3n) is 4.03. The number of benzene rings is 1. The van der Waals surface area contributed by atoms with Gasteiger partial charge >= 0.3 is 0 Å². The number of hydrogen-bond donors (Lipinski definition) is 3. The van der Waals surface area contributed by atoms with E-state index in [0.29, 0.717) is 49.1 Å². The Morgan fingerprint density at radius 2 is 1.95 bits per heavy atom. The van der Waals surface area contributed by atoms with E-state index in [2.05, 4.69) is 5.32 Å². The summed E-state index contributed by atoms with van der Waals surface area (Å²) in [6.45, 7) is 1.70. The highest BCUT2D eigenvalue weighted by Crippen LogP contribution is 2.38. The first-order valence-corrected chi connectivity index (χ1v) is 7.69. The van der Waals surface area contributed by atoms with Crippen molar-refractivity contribution in [3.8, 4) is 11.5 Å². The van der Waals surface area contributed by atoms with Crippen LogP contribution in [0.2, 0.25) is 5.02 Å². The summed E-state index contributed by atoms with van der Waals surface area (Å²) in [6, 6.07) is 4.01. The molecule has 6 heteroatoms. The Balaban J connectivity index is 1.62. The minimum Gasteiger partial charge on any atom is -0.486 e. The zero-order valence-corrected chi connectivity index (χ0v) is 12.5. The largest absolute Gasteiger partial charge is 0.486 e. The van der Waals surface area contributed by atoms with E-state index in [1.807, 2.05) is 12.1 Å². The first-order valence-electron chi connectivity index (χ1n) is 7.31. The molecule has 3 atom stereocenters. The summed E-state index contributed by atoms with van der Waals surface area (Å²) in [5, 5.41) is 23.2. The second-order valence-electron chi connectivity index (χ2n) is 5.63. The number of ether oxygens (including phenoxy) is 2. The molecule has 1 unspecified atom stereocenters. The summed E-state index contributed by atoms with van der Waals surface area (Å²) in [5.74, 6) is 1.30. The quantitative estimate of drug-likeness (QED) is 0.788. The number of aliphatic hydroxyl groups is 2. The molecule has 116 valence electrons. The van der Waals surface area contributed by atoms with Gasteiger partial charge in [0.2, 0.25) is 0 Å². The van der Waals surface area contributed by atoms with Crippen molar-refractivity contribution < 1.29 is 19.7 Å². The van der Waals surface area contributed by atoms with E-state index in [1.165, 1.54) is 0 Å². The Hall–Kier alpha value is -1.01. The first kappa shape index (κ1) is 14.9. The third kappa shape index (κ3) is 3.43. The van der Waals surface area contributed by atoms with Gasteiger partial charge in [0.25, 0.3) is 0 Å². The van der Waals surface area contributed by atoms with Crippen LogP contribution in [-0.2, 0) is 6.54 Å². The molecule has 1 aromatic rings. The molecular formula is C15H20ClNO4. The minimum absolute atomic E-state index is 0.204. The van der Waals surface area contributed by atoms with Crippen molar-refractivity contribution in [3.05, 3.63) is 22.7 Å². The van der Waals surface area contributed by atoms with Crippen LogP contribution in [0.15, 0.2) is 12.1 Å². The Morgan fingerprint density at radius 3 is 2.76 bits per heavy atom. The predicted molar refractivity (Wildman–Crippen MR) is 78.9 cm³/mol. The van der Waals surface area contributed by atoms with E-state index in [1.54, 1.807) is 0 Å². The Kier molecular flexibility index (Phi) is 4.54. The van der Waals surface area contributed by atoms with E-state index >= 15 is 0 Å². The highest BCUT2D eigenvalue weighted by molar-refractivity contribution is 6.32. The zero-order valence-electron chi connectivity index (χ0n) is 11.7. The van der Waals surface area contributed by atoms with Crippen LogP contribution in [0.25, 0.3) is 0 Å². The molecule has 1 fully saturated rings. The van der Waals surface area contributed by atoms with Crippen LogP contribution < -0.4 is 14.8 Å². The molecule has 0 radical (unpaired) electrons.